The van der Waals surface area contributed by atoms with E-state index in [2.05, 4.69) is 11.1 Å². The molecule has 1 heterocycles. The summed E-state index contributed by atoms with van der Waals surface area (Å²) in [5.74, 6) is -0.265. The quantitative estimate of drug-likeness (QED) is 0.804. The molecule has 4 heteroatoms. The molecule has 0 atom stereocenters. The van der Waals surface area contributed by atoms with E-state index in [0.29, 0.717) is 12.2 Å². The summed E-state index contributed by atoms with van der Waals surface area (Å²) < 4.78 is 7.06. The second kappa shape index (κ2) is 5.33. The zero-order valence-electron chi connectivity index (χ0n) is 11.4. The number of aryl methyl sites for hydroxylation is 1. The van der Waals surface area contributed by atoms with Crippen LogP contribution in [0, 0.1) is 0 Å². The molecule has 1 aromatic heterocycles. The molecular formula is C16H16N2O2. The van der Waals surface area contributed by atoms with Crippen LogP contribution >= 0.6 is 0 Å². The van der Waals surface area contributed by atoms with Crippen LogP contribution < -0.4 is 0 Å². The van der Waals surface area contributed by atoms with Gasteiger partial charge >= 0.3 is 5.97 Å². The molecular weight excluding hydrogens is 252 g/mol. The molecule has 102 valence electrons. The first-order valence-corrected chi connectivity index (χ1v) is 6.77. The van der Waals surface area contributed by atoms with Crippen LogP contribution in [-0.4, -0.2) is 22.1 Å². The normalized spacial score (nSPS) is 13.6. The molecule has 0 fully saturated rings. The topological polar surface area (TPSA) is 44.1 Å². The Bertz CT molecular complexity index is 657. The van der Waals surface area contributed by atoms with E-state index in [1.54, 1.807) is 12.5 Å². The van der Waals surface area contributed by atoms with Crippen LogP contribution in [0.3, 0.4) is 0 Å². The molecule has 0 saturated heterocycles. The Labute approximate surface area is 117 Å². The van der Waals surface area contributed by atoms with E-state index in [0.717, 1.165) is 18.4 Å². The summed E-state index contributed by atoms with van der Waals surface area (Å²) in [4.78, 5) is 15.9. The van der Waals surface area contributed by atoms with Crippen molar-refractivity contribution in [1.82, 2.24) is 9.55 Å². The Hall–Kier alpha value is -2.36. The lowest BCUT2D eigenvalue weighted by atomic mass is 9.93. The zero-order chi connectivity index (χ0) is 13.9. The fraction of sp³-hybridized carbons (Fsp3) is 0.250. The van der Waals surface area contributed by atoms with Crippen molar-refractivity contribution in [3.05, 3.63) is 53.6 Å². The SMILES string of the molecule is CCOC(=O)c1ccc2c(c1)C=C(n1ccnc1)CC2. The van der Waals surface area contributed by atoms with Crippen molar-refractivity contribution in [3.8, 4) is 0 Å². The molecule has 0 N–H and O–H groups in total. The lowest BCUT2D eigenvalue weighted by molar-refractivity contribution is 0.0526. The van der Waals surface area contributed by atoms with Crippen LogP contribution in [0.5, 0.6) is 0 Å². The van der Waals surface area contributed by atoms with Crippen LogP contribution in [0.1, 0.15) is 34.8 Å². The fourth-order valence-corrected chi connectivity index (χ4v) is 2.45. The zero-order valence-corrected chi connectivity index (χ0v) is 11.4. The summed E-state index contributed by atoms with van der Waals surface area (Å²) in [5, 5.41) is 0. The largest absolute Gasteiger partial charge is 0.462 e. The lowest BCUT2D eigenvalue weighted by Gasteiger charge is -2.17. The number of hydrogen-bond donors (Lipinski definition) is 0. The van der Waals surface area contributed by atoms with Crippen molar-refractivity contribution in [3.63, 3.8) is 0 Å². The van der Waals surface area contributed by atoms with E-state index in [9.17, 15) is 4.79 Å². The summed E-state index contributed by atoms with van der Waals surface area (Å²) in [6, 6.07) is 5.76. The van der Waals surface area contributed by atoms with Gasteiger partial charge in [-0.15, -0.1) is 0 Å². The van der Waals surface area contributed by atoms with Crippen LogP contribution in [0.2, 0.25) is 0 Å². The minimum Gasteiger partial charge on any atom is -0.462 e. The number of allylic oxidation sites excluding steroid dienone is 1. The van der Waals surface area contributed by atoms with E-state index in [-0.39, 0.29) is 5.97 Å². The van der Waals surface area contributed by atoms with Crippen molar-refractivity contribution in [2.75, 3.05) is 6.61 Å². The maximum Gasteiger partial charge on any atom is 0.338 e. The summed E-state index contributed by atoms with van der Waals surface area (Å²) >= 11 is 0. The van der Waals surface area contributed by atoms with E-state index < -0.39 is 0 Å². The minimum absolute atomic E-state index is 0.265. The Balaban J connectivity index is 1.95. The van der Waals surface area contributed by atoms with Crippen molar-refractivity contribution in [2.24, 2.45) is 0 Å². The van der Waals surface area contributed by atoms with Crippen LogP contribution in [-0.2, 0) is 11.2 Å². The highest BCUT2D eigenvalue weighted by molar-refractivity contribution is 5.91. The van der Waals surface area contributed by atoms with Gasteiger partial charge in [0.1, 0.15) is 0 Å². The predicted octanol–water partition coefficient (Wildman–Crippen LogP) is 3.00. The number of esters is 1. The van der Waals surface area contributed by atoms with Crippen LogP contribution in [0.15, 0.2) is 36.9 Å². The van der Waals surface area contributed by atoms with Gasteiger partial charge in [-0.25, -0.2) is 9.78 Å². The van der Waals surface area contributed by atoms with Gasteiger partial charge in [-0.1, -0.05) is 6.07 Å². The highest BCUT2D eigenvalue weighted by Crippen LogP contribution is 2.27. The molecule has 3 rings (SSSR count). The lowest BCUT2D eigenvalue weighted by Crippen LogP contribution is -2.08. The van der Waals surface area contributed by atoms with Crippen molar-refractivity contribution < 1.29 is 9.53 Å². The average Bonchev–Trinajstić information content (AvgIpc) is 3.00. The maximum atomic E-state index is 11.8. The smallest absolute Gasteiger partial charge is 0.338 e. The molecule has 1 aromatic carbocycles. The Kier molecular flexibility index (Phi) is 3.37. The molecule has 0 bridgehead atoms. The third-order valence-electron chi connectivity index (χ3n) is 3.47. The molecule has 4 nitrogen and oxygen atoms in total. The highest BCUT2D eigenvalue weighted by atomic mass is 16.5. The summed E-state index contributed by atoms with van der Waals surface area (Å²) in [6.07, 6.45) is 9.57. The molecule has 0 saturated carbocycles. The molecule has 0 amide bonds. The number of carbonyl (C=O) groups excluding carboxylic acids is 1. The minimum atomic E-state index is -0.265. The van der Waals surface area contributed by atoms with Gasteiger partial charge in [0, 0.05) is 18.1 Å². The molecule has 2 aromatic rings. The van der Waals surface area contributed by atoms with Crippen molar-refractivity contribution in [1.29, 1.82) is 0 Å². The van der Waals surface area contributed by atoms with Crippen LogP contribution in [0.4, 0.5) is 0 Å². The van der Waals surface area contributed by atoms with Gasteiger partial charge in [-0.05, 0) is 49.1 Å². The summed E-state index contributed by atoms with van der Waals surface area (Å²) in [5.41, 5.74) is 4.15. The number of aromatic nitrogens is 2. The number of ether oxygens (including phenoxy) is 1. The first-order chi connectivity index (χ1) is 9.78. The third-order valence-corrected chi connectivity index (χ3v) is 3.47. The first-order valence-electron chi connectivity index (χ1n) is 6.77. The number of imidazole rings is 1. The first kappa shape index (κ1) is 12.7. The van der Waals surface area contributed by atoms with Gasteiger partial charge < -0.3 is 9.30 Å². The van der Waals surface area contributed by atoms with E-state index in [1.807, 2.05) is 35.9 Å². The van der Waals surface area contributed by atoms with Crippen molar-refractivity contribution >= 4 is 17.7 Å². The van der Waals surface area contributed by atoms with E-state index in [1.165, 1.54) is 11.3 Å². The monoisotopic (exact) mass is 268 g/mol. The molecule has 1 aliphatic carbocycles. The maximum absolute atomic E-state index is 11.8. The van der Waals surface area contributed by atoms with Crippen LogP contribution in [0.25, 0.3) is 11.8 Å². The third kappa shape index (κ3) is 2.37. The van der Waals surface area contributed by atoms with Gasteiger partial charge in [0.05, 0.1) is 18.5 Å². The number of fused-ring (bicyclic) bond motifs is 1. The Morgan fingerprint density at radius 2 is 2.30 bits per heavy atom. The molecule has 0 spiro atoms. The van der Waals surface area contributed by atoms with Crippen molar-refractivity contribution in [2.45, 2.75) is 19.8 Å². The number of hydrogen-bond acceptors (Lipinski definition) is 3. The Morgan fingerprint density at radius 1 is 1.40 bits per heavy atom. The second-order valence-corrected chi connectivity index (χ2v) is 4.74. The van der Waals surface area contributed by atoms with Gasteiger partial charge in [0.2, 0.25) is 0 Å². The molecule has 0 aliphatic heterocycles. The van der Waals surface area contributed by atoms with Gasteiger partial charge in [-0.2, -0.15) is 0 Å². The number of benzene rings is 1. The average molecular weight is 268 g/mol. The predicted molar refractivity (Wildman–Crippen MR) is 77.1 cm³/mol. The highest BCUT2D eigenvalue weighted by Gasteiger charge is 2.14. The molecule has 0 unspecified atom stereocenters. The number of rotatable bonds is 3. The molecule has 1 aliphatic rings. The number of carbonyl (C=O) groups is 1. The summed E-state index contributed by atoms with van der Waals surface area (Å²) in [6.45, 7) is 2.21. The second-order valence-electron chi connectivity index (χ2n) is 4.74. The van der Waals surface area contributed by atoms with Gasteiger partial charge in [-0.3, -0.25) is 0 Å². The summed E-state index contributed by atoms with van der Waals surface area (Å²) in [7, 11) is 0. The standard InChI is InChI=1S/C16H16N2O2/c1-2-20-16(19)13-4-3-12-5-6-15(10-14(12)9-13)18-8-7-17-11-18/h3-4,7-11H,2,5-6H2,1H3. The van der Waals surface area contributed by atoms with E-state index >= 15 is 0 Å². The van der Waals surface area contributed by atoms with Gasteiger partial charge in [0.15, 0.2) is 0 Å². The molecule has 0 radical (unpaired) electrons. The molecule has 20 heavy (non-hydrogen) atoms. The Morgan fingerprint density at radius 3 is 3.05 bits per heavy atom. The fourth-order valence-electron chi connectivity index (χ4n) is 2.45. The van der Waals surface area contributed by atoms with E-state index in [4.69, 9.17) is 4.74 Å². The number of nitrogens with zero attached hydrogens (tertiary/aromatic N) is 2. The van der Waals surface area contributed by atoms with Gasteiger partial charge in [0.25, 0.3) is 0 Å².